The molecule has 3 N–H and O–H groups in total. The van der Waals surface area contributed by atoms with Crippen LogP contribution in [-0.2, 0) is 10.3 Å². The van der Waals surface area contributed by atoms with Crippen LogP contribution in [0.1, 0.15) is 41.6 Å². The van der Waals surface area contributed by atoms with Crippen molar-refractivity contribution in [3.05, 3.63) is 78.1 Å². The Morgan fingerprint density at radius 1 is 0.951 bits per heavy atom. The molecular formula is C28H25F6N5O2. The van der Waals surface area contributed by atoms with Gasteiger partial charge in [0, 0.05) is 28.5 Å². The maximum Gasteiger partial charge on any atom is 0.430 e. The number of H-pyrrole nitrogens is 1. The van der Waals surface area contributed by atoms with Gasteiger partial charge in [0.05, 0.1) is 23.9 Å². The number of anilines is 3. The summed E-state index contributed by atoms with van der Waals surface area (Å²) in [5, 5.41) is 13.2. The number of rotatable bonds is 8. The predicted octanol–water partition coefficient (Wildman–Crippen LogP) is 7.48. The van der Waals surface area contributed by atoms with Crippen molar-refractivity contribution in [2.75, 3.05) is 17.2 Å². The van der Waals surface area contributed by atoms with Gasteiger partial charge >= 0.3 is 12.4 Å². The second-order valence-electron chi connectivity index (χ2n) is 9.87. The van der Waals surface area contributed by atoms with Crippen LogP contribution in [0, 0.1) is 5.92 Å². The third-order valence-corrected chi connectivity index (χ3v) is 7.11. The SMILES string of the molecule is O=C(Nc1ccc(C(OCC2CCCC2)(C(F)(F)F)C(F)(F)F)cc1)c1cccnc1Nc1ccc2cn[nH]c2c1. The van der Waals surface area contributed by atoms with Gasteiger partial charge in [0.2, 0.25) is 0 Å². The maximum absolute atomic E-state index is 14.1. The number of ether oxygens (including phenoxy) is 1. The molecule has 5 rings (SSSR count). The lowest BCUT2D eigenvalue weighted by molar-refractivity contribution is -0.391. The zero-order valence-electron chi connectivity index (χ0n) is 21.4. The molecule has 0 aliphatic heterocycles. The van der Waals surface area contributed by atoms with E-state index in [2.05, 4.69) is 25.8 Å². The molecule has 41 heavy (non-hydrogen) atoms. The Morgan fingerprint density at radius 3 is 2.32 bits per heavy atom. The Labute approximate surface area is 230 Å². The molecule has 0 unspecified atom stereocenters. The Balaban J connectivity index is 1.37. The zero-order chi connectivity index (χ0) is 29.3. The van der Waals surface area contributed by atoms with Crippen molar-refractivity contribution in [1.82, 2.24) is 15.2 Å². The third-order valence-electron chi connectivity index (χ3n) is 7.11. The normalized spacial score (nSPS) is 14.9. The zero-order valence-corrected chi connectivity index (χ0v) is 21.4. The smallest absolute Gasteiger partial charge is 0.354 e. The summed E-state index contributed by atoms with van der Waals surface area (Å²) in [6, 6.07) is 11.6. The topological polar surface area (TPSA) is 91.9 Å². The van der Waals surface area contributed by atoms with Crippen LogP contribution in [0.3, 0.4) is 0 Å². The van der Waals surface area contributed by atoms with Crippen molar-refractivity contribution in [3.63, 3.8) is 0 Å². The van der Waals surface area contributed by atoms with Crippen molar-refractivity contribution >= 4 is 34.0 Å². The number of aromatic nitrogens is 3. The number of fused-ring (bicyclic) bond motifs is 1. The average Bonchev–Trinajstić information content (AvgIpc) is 3.60. The van der Waals surface area contributed by atoms with Gasteiger partial charge in [-0.25, -0.2) is 4.98 Å². The lowest BCUT2D eigenvalue weighted by atomic mass is 9.91. The molecule has 2 heterocycles. The molecule has 4 aromatic rings. The molecule has 216 valence electrons. The van der Waals surface area contributed by atoms with E-state index < -0.39 is 36.0 Å². The number of nitrogens with zero attached hydrogens (tertiary/aromatic N) is 2. The van der Waals surface area contributed by atoms with Gasteiger partial charge in [-0.15, -0.1) is 0 Å². The summed E-state index contributed by atoms with van der Waals surface area (Å²) >= 11 is 0. The van der Waals surface area contributed by atoms with Crippen molar-refractivity contribution in [2.24, 2.45) is 5.92 Å². The number of amides is 1. The van der Waals surface area contributed by atoms with Crippen LogP contribution in [0.5, 0.6) is 0 Å². The van der Waals surface area contributed by atoms with Gasteiger partial charge in [-0.3, -0.25) is 9.89 Å². The highest BCUT2D eigenvalue weighted by Crippen LogP contribution is 2.53. The quantitative estimate of drug-likeness (QED) is 0.189. The van der Waals surface area contributed by atoms with Crippen LogP contribution >= 0.6 is 0 Å². The van der Waals surface area contributed by atoms with Crippen LogP contribution in [0.4, 0.5) is 43.5 Å². The maximum atomic E-state index is 14.1. The van der Waals surface area contributed by atoms with E-state index >= 15 is 0 Å². The standard InChI is InChI=1S/C28H25F6N5O2/c29-27(30,31)26(28(32,33)34,41-16-17-4-1-2-5-17)19-8-11-20(12-9-19)38-25(40)22-6-3-13-35-24(22)37-21-10-7-18-15-36-39-23(18)14-21/h3,6-15,17H,1-2,4-5,16H2,(H,35,37)(H,36,39)(H,38,40). The van der Waals surface area contributed by atoms with Crippen molar-refractivity contribution in [1.29, 1.82) is 0 Å². The molecule has 1 aliphatic carbocycles. The first kappa shape index (κ1) is 28.4. The molecule has 2 aromatic heterocycles. The van der Waals surface area contributed by atoms with E-state index in [9.17, 15) is 31.1 Å². The number of nitrogens with one attached hydrogen (secondary N) is 3. The molecule has 1 saturated carbocycles. The summed E-state index contributed by atoms with van der Waals surface area (Å²) in [7, 11) is 0. The predicted molar refractivity (Wildman–Crippen MR) is 140 cm³/mol. The molecule has 0 spiro atoms. The highest BCUT2D eigenvalue weighted by atomic mass is 19.4. The van der Waals surface area contributed by atoms with Gasteiger partial charge in [-0.05, 0) is 61.2 Å². The minimum Gasteiger partial charge on any atom is -0.354 e. The Morgan fingerprint density at radius 2 is 1.63 bits per heavy atom. The van der Waals surface area contributed by atoms with Crippen LogP contribution in [0.15, 0.2) is 67.0 Å². The number of alkyl halides is 6. The molecule has 0 bridgehead atoms. The van der Waals surface area contributed by atoms with Crippen LogP contribution < -0.4 is 10.6 Å². The fraction of sp³-hybridized carbons (Fsp3) is 0.321. The summed E-state index contributed by atoms with van der Waals surface area (Å²) < 4.78 is 89.5. The second-order valence-corrected chi connectivity index (χ2v) is 9.87. The molecule has 1 amide bonds. The van der Waals surface area contributed by atoms with E-state index in [1.807, 2.05) is 6.07 Å². The van der Waals surface area contributed by atoms with E-state index in [4.69, 9.17) is 4.74 Å². The lowest BCUT2D eigenvalue weighted by Crippen LogP contribution is -2.56. The molecule has 0 saturated heterocycles. The Kier molecular flexibility index (Phi) is 7.64. The van der Waals surface area contributed by atoms with Crippen LogP contribution in [0.25, 0.3) is 10.9 Å². The summed E-state index contributed by atoms with van der Waals surface area (Å²) in [5.74, 6) is -0.860. The third kappa shape index (κ3) is 5.71. The Bertz CT molecular complexity index is 1500. The van der Waals surface area contributed by atoms with Gasteiger partial charge in [0.25, 0.3) is 11.5 Å². The van der Waals surface area contributed by atoms with Gasteiger partial charge in [-0.2, -0.15) is 31.4 Å². The van der Waals surface area contributed by atoms with Gasteiger partial charge < -0.3 is 15.4 Å². The molecule has 0 radical (unpaired) electrons. The molecular weight excluding hydrogens is 552 g/mol. The Hall–Kier alpha value is -4.13. The van der Waals surface area contributed by atoms with Crippen LogP contribution in [-0.4, -0.2) is 40.0 Å². The largest absolute Gasteiger partial charge is 0.430 e. The molecule has 1 fully saturated rings. The van der Waals surface area contributed by atoms with E-state index in [-0.39, 0.29) is 23.0 Å². The summed E-state index contributed by atoms with van der Waals surface area (Å²) in [4.78, 5) is 17.2. The number of pyridine rings is 1. The highest BCUT2D eigenvalue weighted by molar-refractivity contribution is 6.07. The average molecular weight is 578 g/mol. The van der Waals surface area contributed by atoms with Crippen molar-refractivity contribution in [2.45, 2.75) is 43.6 Å². The molecule has 1 aliphatic rings. The fourth-order valence-corrected chi connectivity index (χ4v) is 4.98. The number of aromatic amines is 1. The van der Waals surface area contributed by atoms with E-state index in [0.717, 1.165) is 35.9 Å². The first-order valence-corrected chi connectivity index (χ1v) is 12.8. The van der Waals surface area contributed by atoms with Gasteiger partial charge in [0.15, 0.2) is 0 Å². The molecule has 7 nitrogen and oxygen atoms in total. The first-order valence-electron chi connectivity index (χ1n) is 12.8. The first-order chi connectivity index (χ1) is 19.5. The minimum absolute atomic E-state index is 0.0125. The lowest BCUT2D eigenvalue weighted by Gasteiger charge is -2.38. The van der Waals surface area contributed by atoms with Crippen molar-refractivity contribution < 1.29 is 35.9 Å². The number of carbonyl (C=O) groups excluding carboxylic acids is 1. The van der Waals surface area contributed by atoms with E-state index in [0.29, 0.717) is 30.7 Å². The summed E-state index contributed by atoms with van der Waals surface area (Å²) in [6.07, 6.45) is -5.93. The van der Waals surface area contributed by atoms with Crippen LogP contribution in [0.2, 0.25) is 0 Å². The minimum atomic E-state index is -5.77. The number of carbonyl (C=O) groups is 1. The molecule has 13 heteroatoms. The second kappa shape index (κ2) is 11.0. The number of halogens is 6. The van der Waals surface area contributed by atoms with Gasteiger partial charge in [-0.1, -0.05) is 25.0 Å². The van der Waals surface area contributed by atoms with Crippen molar-refractivity contribution in [3.8, 4) is 0 Å². The number of hydrogen-bond acceptors (Lipinski definition) is 5. The number of hydrogen-bond donors (Lipinski definition) is 3. The fourth-order valence-electron chi connectivity index (χ4n) is 4.98. The van der Waals surface area contributed by atoms with E-state index in [1.165, 1.54) is 18.3 Å². The molecule has 2 aromatic carbocycles. The summed E-state index contributed by atoms with van der Waals surface area (Å²) in [6.45, 7) is -0.665. The van der Waals surface area contributed by atoms with E-state index in [1.54, 1.807) is 18.3 Å². The highest BCUT2D eigenvalue weighted by Gasteiger charge is 2.73. The summed E-state index contributed by atoms with van der Waals surface area (Å²) in [5.41, 5.74) is -4.18. The number of benzene rings is 2. The molecule has 0 atom stereocenters. The van der Waals surface area contributed by atoms with Gasteiger partial charge in [0.1, 0.15) is 5.82 Å². The monoisotopic (exact) mass is 577 g/mol.